The lowest BCUT2D eigenvalue weighted by molar-refractivity contribution is 0.0938. The van der Waals surface area contributed by atoms with Crippen molar-refractivity contribution in [3.05, 3.63) is 75.6 Å². The smallest absolute Gasteiger partial charge is 0.257 e. The highest BCUT2D eigenvalue weighted by molar-refractivity contribution is 5.98. The number of carbonyl (C=O) groups excluding carboxylic acids is 1. The van der Waals surface area contributed by atoms with E-state index in [0.717, 1.165) is 30.5 Å². The van der Waals surface area contributed by atoms with Crippen molar-refractivity contribution in [2.24, 2.45) is 0 Å². The molecule has 3 aromatic rings. The molecule has 1 aromatic heterocycles. The lowest BCUT2D eigenvalue weighted by Crippen LogP contribution is -2.32. The van der Waals surface area contributed by atoms with Crippen LogP contribution >= 0.6 is 0 Å². The molecule has 0 spiro atoms. The number of hydrogen-bond acceptors (Lipinski definition) is 3. The Morgan fingerprint density at radius 1 is 1.19 bits per heavy atom. The van der Waals surface area contributed by atoms with Crippen LogP contribution < -0.4 is 15.5 Å². The number of methoxy groups -OCH3 is 1. The molecule has 0 aliphatic carbocycles. The molecule has 2 heterocycles. The van der Waals surface area contributed by atoms with Crippen LogP contribution in [0.2, 0.25) is 0 Å². The van der Waals surface area contributed by atoms with Crippen LogP contribution in [0, 0.1) is 0 Å². The van der Waals surface area contributed by atoms with Gasteiger partial charge >= 0.3 is 0 Å². The van der Waals surface area contributed by atoms with Crippen molar-refractivity contribution < 1.29 is 9.53 Å². The molecule has 1 aliphatic heterocycles. The molecule has 0 saturated carbocycles. The first-order chi connectivity index (χ1) is 13.1. The Kier molecular flexibility index (Phi) is 4.44. The molecule has 5 nitrogen and oxygen atoms in total. The molecule has 1 atom stereocenters. The molecule has 4 rings (SSSR count). The summed E-state index contributed by atoms with van der Waals surface area (Å²) in [6.07, 6.45) is 3.68. The van der Waals surface area contributed by atoms with Gasteiger partial charge in [0.25, 0.3) is 5.91 Å². The van der Waals surface area contributed by atoms with Gasteiger partial charge < -0.3 is 14.6 Å². The molecule has 0 saturated heterocycles. The number of para-hydroxylation sites is 2. The van der Waals surface area contributed by atoms with E-state index in [4.69, 9.17) is 4.74 Å². The van der Waals surface area contributed by atoms with Crippen molar-refractivity contribution in [2.75, 3.05) is 7.11 Å². The third-order valence-electron chi connectivity index (χ3n) is 5.22. The van der Waals surface area contributed by atoms with Gasteiger partial charge in [-0.2, -0.15) is 0 Å². The Labute approximate surface area is 157 Å². The number of aromatic nitrogens is 1. The molecule has 0 bridgehead atoms. The molecular weight excluding hydrogens is 340 g/mol. The molecule has 0 fully saturated rings. The Morgan fingerprint density at radius 3 is 2.81 bits per heavy atom. The van der Waals surface area contributed by atoms with Crippen molar-refractivity contribution in [3.63, 3.8) is 0 Å². The predicted molar refractivity (Wildman–Crippen MR) is 105 cm³/mol. The minimum atomic E-state index is -0.361. The quantitative estimate of drug-likeness (QED) is 0.773. The Hall–Kier alpha value is -3.08. The van der Waals surface area contributed by atoms with Crippen LogP contribution in [0.25, 0.3) is 10.9 Å². The van der Waals surface area contributed by atoms with E-state index in [2.05, 4.69) is 11.4 Å². The topological polar surface area (TPSA) is 60.3 Å². The molecule has 27 heavy (non-hydrogen) atoms. The third-order valence-corrected chi connectivity index (χ3v) is 5.22. The van der Waals surface area contributed by atoms with Crippen LogP contribution in [0.3, 0.4) is 0 Å². The van der Waals surface area contributed by atoms with Crippen LogP contribution in [-0.2, 0) is 13.0 Å². The van der Waals surface area contributed by atoms with Crippen LogP contribution in [0.15, 0.2) is 53.5 Å². The molecule has 0 unspecified atom stereocenters. The van der Waals surface area contributed by atoms with E-state index in [1.54, 1.807) is 13.3 Å². The average Bonchev–Trinajstić information content (AvgIpc) is 2.70. The van der Waals surface area contributed by atoms with Crippen molar-refractivity contribution in [1.82, 2.24) is 9.88 Å². The maximum atomic E-state index is 13.0. The fraction of sp³-hybridized carbons (Fsp3) is 0.273. The number of amides is 1. The van der Waals surface area contributed by atoms with Crippen molar-refractivity contribution in [2.45, 2.75) is 32.4 Å². The summed E-state index contributed by atoms with van der Waals surface area (Å²) in [4.78, 5) is 25.9. The Balaban J connectivity index is 1.72. The van der Waals surface area contributed by atoms with Gasteiger partial charge in [0.15, 0.2) is 0 Å². The molecular formula is C22H22N2O3. The number of nitrogens with zero attached hydrogens (tertiary/aromatic N) is 1. The van der Waals surface area contributed by atoms with Gasteiger partial charge in [0, 0.05) is 23.7 Å². The van der Waals surface area contributed by atoms with Crippen LogP contribution in [0.4, 0.5) is 0 Å². The summed E-state index contributed by atoms with van der Waals surface area (Å²) in [6.45, 7) is 2.70. The highest BCUT2D eigenvalue weighted by Gasteiger charge is 2.21. The highest BCUT2D eigenvalue weighted by Crippen LogP contribution is 2.26. The maximum Gasteiger partial charge on any atom is 0.257 e. The minimum absolute atomic E-state index is 0.184. The lowest BCUT2D eigenvalue weighted by Gasteiger charge is -2.21. The number of nitrogens with one attached hydrogen (secondary N) is 1. The van der Waals surface area contributed by atoms with E-state index in [9.17, 15) is 9.59 Å². The minimum Gasteiger partial charge on any atom is -0.496 e. The van der Waals surface area contributed by atoms with Gasteiger partial charge in [-0.15, -0.1) is 0 Å². The second-order valence-corrected chi connectivity index (χ2v) is 6.92. The summed E-state index contributed by atoms with van der Waals surface area (Å²) in [6, 6.07) is 13.0. The monoisotopic (exact) mass is 362 g/mol. The zero-order chi connectivity index (χ0) is 19.0. The number of rotatable bonds is 4. The summed E-state index contributed by atoms with van der Waals surface area (Å²) in [5.41, 5.74) is 2.98. The van der Waals surface area contributed by atoms with E-state index in [0.29, 0.717) is 11.1 Å². The number of benzene rings is 2. The number of ether oxygens (including phenoxy) is 1. The van der Waals surface area contributed by atoms with E-state index in [1.807, 2.05) is 47.9 Å². The number of aryl methyl sites for hydroxylation is 2. The van der Waals surface area contributed by atoms with E-state index < -0.39 is 0 Å². The van der Waals surface area contributed by atoms with Crippen LogP contribution in [-0.4, -0.2) is 17.6 Å². The van der Waals surface area contributed by atoms with Gasteiger partial charge in [0.1, 0.15) is 11.3 Å². The molecule has 138 valence electrons. The van der Waals surface area contributed by atoms with Gasteiger partial charge in [-0.1, -0.05) is 30.3 Å². The standard InChI is InChI=1S/C22H22N2O3/c1-14(16-9-3-4-11-19(16)27-2)23-22(26)18-13-24-12-6-8-15-7-5-10-17(20(15)24)21(18)25/h3-5,7,9-11,13-14H,6,8,12H2,1-2H3,(H,23,26)/t14-/m0/s1. The van der Waals surface area contributed by atoms with Gasteiger partial charge in [-0.25, -0.2) is 0 Å². The number of pyridine rings is 1. The SMILES string of the molecule is COc1ccccc1[C@H](C)NC(=O)c1cn2c3c(cccc3c1=O)CCC2. The lowest BCUT2D eigenvalue weighted by atomic mass is 9.99. The zero-order valence-corrected chi connectivity index (χ0v) is 15.5. The Bertz CT molecular complexity index is 1080. The van der Waals surface area contributed by atoms with Gasteiger partial charge in [0.05, 0.1) is 18.7 Å². The first kappa shape index (κ1) is 17.3. The second-order valence-electron chi connectivity index (χ2n) is 6.92. The second kappa shape index (κ2) is 6.91. The van der Waals surface area contributed by atoms with E-state index >= 15 is 0 Å². The first-order valence-corrected chi connectivity index (χ1v) is 9.19. The van der Waals surface area contributed by atoms with Crippen molar-refractivity contribution in [1.29, 1.82) is 0 Å². The zero-order valence-electron chi connectivity index (χ0n) is 15.5. The van der Waals surface area contributed by atoms with E-state index in [1.165, 1.54) is 5.56 Å². The molecule has 0 radical (unpaired) electrons. The fourth-order valence-electron chi connectivity index (χ4n) is 3.89. The van der Waals surface area contributed by atoms with Crippen molar-refractivity contribution in [3.8, 4) is 5.75 Å². The highest BCUT2D eigenvalue weighted by atomic mass is 16.5. The van der Waals surface area contributed by atoms with Crippen LogP contribution in [0.1, 0.15) is 40.9 Å². The summed E-state index contributed by atoms with van der Waals surface area (Å²) < 4.78 is 7.42. The van der Waals surface area contributed by atoms with Crippen LogP contribution in [0.5, 0.6) is 5.75 Å². The first-order valence-electron chi connectivity index (χ1n) is 9.19. The maximum absolute atomic E-state index is 13.0. The predicted octanol–water partition coefficient (Wildman–Crippen LogP) is 3.45. The summed E-state index contributed by atoms with van der Waals surface area (Å²) in [5, 5.41) is 3.56. The molecule has 2 aromatic carbocycles. The Morgan fingerprint density at radius 2 is 2.00 bits per heavy atom. The fourth-order valence-corrected chi connectivity index (χ4v) is 3.89. The third kappa shape index (κ3) is 2.99. The normalized spacial score (nSPS) is 14.0. The number of hydrogen-bond donors (Lipinski definition) is 1. The molecule has 1 aliphatic rings. The largest absolute Gasteiger partial charge is 0.496 e. The summed E-state index contributed by atoms with van der Waals surface area (Å²) in [7, 11) is 1.60. The average molecular weight is 362 g/mol. The molecule has 5 heteroatoms. The van der Waals surface area contributed by atoms with Gasteiger partial charge in [-0.05, 0) is 37.5 Å². The molecule has 1 amide bonds. The number of carbonyl (C=O) groups is 1. The van der Waals surface area contributed by atoms with E-state index in [-0.39, 0.29) is 22.9 Å². The van der Waals surface area contributed by atoms with Gasteiger partial charge in [0.2, 0.25) is 5.43 Å². The van der Waals surface area contributed by atoms with Crippen molar-refractivity contribution >= 4 is 16.8 Å². The summed E-state index contributed by atoms with van der Waals surface area (Å²) in [5.74, 6) is 0.348. The summed E-state index contributed by atoms with van der Waals surface area (Å²) >= 11 is 0. The molecule has 1 N–H and O–H groups in total. The van der Waals surface area contributed by atoms with Gasteiger partial charge in [-0.3, -0.25) is 9.59 Å².